The van der Waals surface area contributed by atoms with Crippen molar-refractivity contribution in [1.29, 1.82) is 0 Å². The lowest BCUT2D eigenvalue weighted by molar-refractivity contribution is 0.415. The fraction of sp³-hybridized carbons (Fsp3) is 0.357. The zero-order valence-corrected chi connectivity index (χ0v) is 11.1. The van der Waals surface area contributed by atoms with Crippen molar-refractivity contribution in [3.63, 3.8) is 0 Å². The van der Waals surface area contributed by atoms with E-state index in [4.69, 9.17) is 4.52 Å². The molecule has 0 fully saturated rings. The molecule has 19 heavy (non-hydrogen) atoms. The first-order valence-electron chi connectivity index (χ1n) is 6.12. The Morgan fingerprint density at radius 1 is 1.21 bits per heavy atom. The molecule has 0 spiro atoms. The van der Waals surface area contributed by atoms with E-state index >= 15 is 0 Å². The number of nitrogens with one attached hydrogen (secondary N) is 1. The van der Waals surface area contributed by atoms with Gasteiger partial charge in [-0.2, -0.15) is 0 Å². The van der Waals surface area contributed by atoms with Crippen molar-refractivity contribution in [1.82, 2.24) is 10.5 Å². The Hall–Kier alpha value is -1.75. The fourth-order valence-electron chi connectivity index (χ4n) is 1.67. The molecule has 1 heterocycles. The van der Waals surface area contributed by atoms with Crippen LogP contribution < -0.4 is 5.32 Å². The van der Waals surface area contributed by atoms with Gasteiger partial charge in [-0.3, -0.25) is 0 Å². The van der Waals surface area contributed by atoms with Crippen LogP contribution >= 0.6 is 0 Å². The van der Waals surface area contributed by atoms with Crippen LogP contribution in [0.5, 0.6) is 0 Å². The molecule has 3 nitrogen and oxygen atoms in total. The van der Waals surface area contributed by atoms with Gasteiger partial charge in [0.15, 0.2) is 5.76 Å². The van der Waals surface area contributed by atoms with Gasteiger partial charge in [0.05, 0.1) is 11.3 Å². The lowest BCUT2D eigenvalue weighted by atomic mass is 10.1. The Morgan fingerprint density at radius 3 is 2.63 bits per heavy atom. The number of halogens is 2. The topological polar surface area (TPSA) is 38.1 Å². The SMILES string of the molecule is Cc1cc(F)c(-c2cc(CNC(C)C)no2)cc1F. The van der Waals surface area contributed by atoms with Crippen molar-refractivity contribution in [2.45, 2.75) is 33.4 Å². The fourth-order valence-corrected chi connectivity index (χ4v) is 1.67. The summed E-state index contributed by atoms with van der Waals surface area (Å²) < 4.78 is 32.3. The third kappa shape index (κ3) is 3.17. The minimum absolute atomic E-state index is 0.0893. The predicted octanol–water partition coefficient (Wildman–Crippen LogP) is 3.43. The van der Waals surface area contributed by atoms with E-state index < -0.39 is 11.6 Å². The second kappa shape index (κ2) is 5.48. The van der Waals surface area contributed by atoms with Crippen molar-refractivity contribution >= 4 is 0 Å². The van der Waals surface area contributed by atoms with E-state index in [-0.39, 0.29) is 16.9 Å². The lowest BCUT2D eigenvalue weighted by Gasteiger charge is -2.04. The van der Waals surface area contributed by atoms with Gasteiger partial charge in [0.1, 0.15) is 11.6 Å². The van der Waals surface area contributed by atoms with E-state index in [1.165, 1.54) is 6.92 Å². The summed E-state index contributed by atoms with van der Waals surface area (Å²) in [7, 11) is 0. The van der Waals surface area contributed by atoms with E-state index in [1.807, 2.05) is 13.8 Å². The molecule has 0 saturated carbocycles. The van der Waals surface area contributed by atoms with E-state index in [0.717, 1.165) is 12.1 Å². The van der Waals surface area contributed by atoms with Crippen LogP contribution in [-0.4, -0.2) is 11.2 Å². The zero-order valence-electron chi connectivity index (χ0n) is 11.1. The zero-order chi connectivity index (χ0) is 14.0. The second-order valence-electron chi connectivity index (χ2n) is 4.80. The summed E-state index contributed by atoms with van der Waals surface area (Å²) >= 11 is 0. The maximum absolute atomic E-state index is 13.8. The van der Waals surface area contributed by atoms with Crippen molar-refractivity contribution in [2.24, 2.45) is 0 Å². The van der Waals surface area contributed by atoms with Gasteiger partial charge in [0.25, 0.3) is 0 Å². The van der Waals surface area contributed by atoms with Gasteiger partial charge in [0, 0.05) is 18.7 Å². The molecule has 1 N–H and O–H groups in total. The van der Waals surface area contributed by atoms with Crippen LogP contribution in [0.25, 0.3) is 11.3 Å². The normalized spacial score (nSPS) is 11.3. The number of benzene rings is 1. The maximum atomic E-state index is 13.8. The lowest BCUT2D eigenvalue weighted by Crippen LogP contribution is -2.21. The monoisotopic (exact) mass is 266 g/mol. The van der Waals surface area contributed by atoms with Crippen LogP contribution in [0.15, 0.2) is 22.7 Å². The van der Waals surface area contributed by atoms with E-state index in [1.54, 1.807) is 6.07 Å². The predicted molar refractivity (Wildman–Crippen MR) is 68.6 cm³/mol. The standard InChI is InChI=1S/C14H16F2N2O/c1-8(2)17-7-10-5-14(19-18-10)11-6-12(15)9(3)4-13(11)16/h4-6,8,17H,7H2,1-3H3. The van der Waals surface area contributed by atoms with Gasteiger partial charge in [0.2, 0.25) is 0 Å². The molecule has 0 bridgehead atoms. The first-order chi connectivity index (χ1) is 8.97. The van der Waals surface area contributed by atoms with E-state index in [0.29, 0.717) is 18.3 Å². The average molecular weight is 266 g/mol. The van der Waals surface area contributed by atoms with E-state index in [9.17, 15) is 8.78 Å². The molecule has 0 saturated heterocycles. The number of hydrogen-bond acceptors (Lipinski definition) is 3. The minimum atomic E-state index is -0.515. The van der Waals surface area contributed by atoms with Crippen molar-refractivity contribution < 1.29 is 13.3 Å². The van der Waals surface area contributed by atoms with Gasteiger partial charge in [-0.25, -0.2) is 8.78 Å². The summed E-state index contributed by atoms with van der Waals surface area (Å²) in [4.78, 5) is 0. The molecule has 102 valence electrons. The molecule has 0 aliphatic carbocycles. The van der Waals surface area contributed by atoms with Gasteiger partial charge in [-0.15, -0.1) is 0 Å². The van der Waals surface area contributed by atoms with E-state index in [2.05, 4.69) is 10.5 Å². The van der Waals surface area contributed by atoms with Gasteiger partial charge < -0.3 is 9.84 Å². The average Bonchev–Trinajstić information content (AvgIpc) is 2.80. The van der Waals surface area contributed by atoms with Crippen LogP contribution in [0.3, 0.4) is 0 Å². The molecule has 2 rings (SSSR count). The number of nitrogens with zero attached hydrogens (tertiary/aromatic N) is 1. The number of aryl methyl sites for hydroxylation is 1. The Bertz CT molecular complexity index is 579. The Morgan fingerprint density at radius 2 is 1.95 bits per heavy atom. The van der Waals surface area contributed by atoms with Crippen LogP contribution in [-0.2, 0) is 6.54 Å². The summed E-state index contributed by atoms with van der Waals surface area (Å²) in [6, 6.07) is 4.21. The smallest absolute Gasteiger partial charge is 0.170 e. The van der Waals surface area contributed by atoms with Crippen LogP contribution in [0.2, 0.25) is 0 Å². The van der Waals surface area contributed by atoms with Crippen LogP contribution in [0.4, 0.5) is 8.78 Å². The molecular formula is C14H16F2N2O. The number of rotatable bonds is 4. The molecule has 0 unspecified atom stereocenters. The quantitative estimate of drug-likeness (QED) is 0.921. The summed E-state index contributed by atoms with van der Waals surface area (Å²) in [6.45, 7) is 6.06. The number of aromatic nitrogens is 1. The summed E-state index contributed by atoms with van der Waals surface area (Å²) in [6.07, 6.45) is 0. The Kier molecular flexibility index (Phi) is 3.95. The molecule has 0 atom stereocenters. The molecule has 2 aromatic rings. The molecule has 0 aliphatic rings. The van der Waals surface area contributed by atoms with Crippen molar-refractivity contribution in [3.8, 4) is 11.3 Å². The molecule has 5 heteroatoms. The molecule has 0 amide bonds. The van der Waals surface area contributed by atoms with Crippen molar-refractivity contribution in [2.75, 3.05) is 0 Å². The molecule has 0 radical (unpaired) electrons. The minimum Gasteiger partial charge on any atom is -0.356 e. The first-order valence-corrected chi connectivity index (χ1v) is 6.12. The molecular weight excluding hydrogens is 250 g/mol. The highest BCUT2D eigenvalue weighted by atomic mass is 19.1. The van der Waals surface area contributed by atoms with Crippen molar-refractivity contribution in [3.05, 3.63) is 41.1 Å². The van der Waals surface area contributed by atoms with Gasteiger partial charge in [-0.05, 0) is 24.6 Å². The summed E-state index contributed by atoms with van der Waals surface area (Å²) in [5.41, 5.74) is 1.01. The largest absolute Gasteiger partial charge is 0.356 e. The first kappa shape index (κ1) is 13.7. The summed E-state index contributed by atoms with van der Waals surface area (Å²) in [5.74, 6) is -0.745. The highest BCUT2D eigenvalue weighted by Gasteiger charge is 2.14. The molecule has 1 aromatic carbocycles. The second-order valence-corrected chi connectivity index (χ2v) is 4.80. The molecule has 1 aromatic heterocycles. The highest BCUT2D eigenvalue weighted by Crippen LogP contribution is 2.26. The third-order valence-corrected chi connectivity index (χ3v) is 2.76. The Labute approximate surface area is 110 Å². The van der Waals surface area contributed by atoms with Crippen LogP contribution in [0, 0.1) is 18.6 Å². The molecule has 0 aliphatic heterocycles. The Balaban J connectivity index is 2.25. The summed E-state index contributed by atoms with van der Waals surface area (Å²) in [5, 5.41) is 7.00. The third-order valence-electron chi connectivity index (χ3n) is 2.76. The van der Waals surface area contributed by atoms with Gasteiger partial charge in [-0.1, -0.05) is 19.0 Å². The van der Waals surface area contributed by atoms with Gasteiger partial charge >= 0.3 is 0 Å². The van der Waals surface area contributed by atoms with Crippen LogP contribution in [0.1, 0.15) is 25.1 Å². The number of hydrogen-bond donors (Lipinski definition) is 1. The maximum Gasteiger partial charge on any atom is 0.170 e. The highest BCUT2D eigenvalue weighted by molar-refractivity contribution is 5.59.